The molecule has 0 unspecified atom stereocenters. The SMILES string of the molecule is Cc1c(C(=O)O)nc2n1C[C@@H](COc1ccc(C(C)(C)C(F)(F)F)cc1)O2. The van der Waals surface area contributed by atoms with Gasteiger partial charge in [-0.1, -0.05) is 12.1 Å². The van der Waals surface area contributed by atoms with Crippen molar-refractivity contribution in [2.45, 2.75) is 45.0 Å². The Bertz CT molecular complexity index is 857. The predicted molar refractivity (Wildman–Crippen MR) is 89.4 cm³/mol. The number of imidazole rings is 1. The highest BCUT2D eigenvalue weighted by Gasteiger charge is 2.48. The van der Waals surface area contributed by atoms with Gasteiger partial charge in [0.15, 0.2) is 11.8 Å². The zero-order valence-corrected chi connectivity index (χ0v) is 15.0. The zero-order valence-electron chi connectivity index (χ0n) is 15.0. The molecule has 27 heavy (non-hydrogen) atoms. The first-order valence-corrected chi connectivity index (χ1v) is 8.28. The minimum absolute atomic E-state index is 0.0489. The third-order valence-electron chi connectivity index (χ3n) is 4.77. The van der Waals surface area contributed by atoms with Gasteiger partial charge in [-0.3, -0.25) is 4.57 Å². The molecule has 9 heteroatoms. The van der Waals surface area contributed by atoms with Crippen LogP contribution in [0.15, 0.2) is 24.3 Å². The number of aromatic nitrogens is 2. The van der Waals surface area contributed by atoms with Crippen molar-refractivity contribution < 1.29 is 32.5 Å². The standard InChI is InChI=1S/C18H19F3N2O4/c1-10-14(15(24)25)22-16-23(10)8-13(27-16)9-26-12-6-4-11(5-7-12)17(2,3)18(19,20)21/h4-7,13H,8-9H2,1-3H3,(H,24,25)/t13-/m0/s1. The van der Waals surface area contributed by atoms with Gasteiger partial charge in [-0.2, -0.15) is 18.2 Å². The maximum atomic E-state index is 13.1. The van der Waals surface area contributed by atoms with Crippen LogP contribution in [-0.2, 0) is 12.0 Å². The fraction of sp³-hybridized carbons (Fsp3) is 0.444. The molecule has 3 rings (SSSR count). The van der Waals surface area contributed by atoms with Crippen LogP contribution in [0.4, 0.5) is 13.2 Å². The third-order valence-corrected chi connectivity index (χ3v) is 4.77. The Morgan fingerprint density at radius 2 is 1.96 bits per heavy atom. The molecule has 2 heterocycles. The number of halogens is 3. The minimum atomic E-state index is -4.35. The molecule has 0 radical (unpaired) electrons. The van der Waals surface area contributed by atoms with Gasteiger partial charge in [0, 0.05) is 0 Å². The fourth-order valence-electron chi connectivity index (χ4n) is 2.81. The summed E-state index contributed by atoms with van der Waals surface area (Å²) < 4.78 is 52.1. The first-order chi connectivity index (χ1) is 12.5. The van der Waals surface area contributed by atoms with E-state index in [9.17, 15) is 18.0 Å². The van der Waals surface area contributed by atoms with Gasteiger partial charge in [-0.15, -0.1) is 0 Å². The van der Waals surface area contributed by atoms with E-state index >= 15 is 0 Å². The minimum Gasteiger partial charge on any atom is -0.490 e. The van der Waals surface area contributed by atoms with Crippen molar-refractivity contribution in [2.24, 2.45) is 0 Å². The topological polar surface area (TPSA) is 73.6 Å². The Morgan fingerprint density at radius 1 is 1.33 bits per heavy atom. The summed E-state index contributed by atoms with van der Waals surface area (Å²) in [6, 6.07) is 5.99. The zero-order chi connectivity index (χ0) is 20.0. The summed E-state index contributed by atoms with van der Waals surface area (Å²) in [5.74, 6) is -0.694. The van der Waals surface area contributed by atoms with Gasteiger partial charge in [0.1, 0.15) is 12.4 Å². The molecule has 0 spiro atoms. The van der Waals surface area contributed by atoms with E-state index in [-0.39, 0.29) is 30.0 Å². The van der Waals surface area contributed by atoms with Crippen LogP contribution in [0.3, 0.4) is 0 Å². The maximum Gasteiger partial charge on any atom is 0.397 e. The summed E-state index contributed by atoms with van der Waals surface area (Å²) >= 11 is 0. The van der Waals surface area contributed by atoms with E-state index in [1.165, 1.54) is 24.3 Å². The molecule has 0 amide bonds. The number of rotatable bonds is 5. The number of carbonyl (C=O) groups is 1. The van der Waals surface area contributed by atoms with E-state index in [1.807, 2.05) is 0 Å². The smallest absolute Gasteiger partial charge is 0.397 e. The highest BCUT2D eigenvalue weighted by Crippen LogP contribution is 2.40. The Kier molecular flexibility index (Phi) is 4.57. The average molecular weight is 384 g/mol. The van der Waals surface area contributed by atoms with Gasteiger partial charge in [0.25, 0.3) is 6.01 Å². The van der Waals surface area contributed by atoms with Crippen LogP contribution in [0.1, 0.15) is 35.6 Å². The number of hydrogen-bond acceptors (Lipinski definition) is 4. The number of carboxylic acid groups (broad SMARTS) is 1. The molecule has 0 aliphatic carbocycles. The summed E-state index contributed by atoms with van der Waals surface area (Å²) in [6.07, 6.45) is -4.71. The molecule has 0 saturated carbocycles. The second-order valence-corrected chi connectivity index (χ2v) is 6.94. The quantitative estimate of drug-likeness (QED) is 0.853. The highest BCUT2D eigenvalue weighted by atomic mass is 19.4. The lowest BCUT2D eigenvalue weighted by Gasteiger charge is -2.28. The number of nitrogens with zero attached hydrogens (tertiary/aromatic N) is 2. The van der Waals surface area contributed by atoms with Crippen molar-refractivity contribution in [1.29, 1.82) is 0 Å². The number of benzene rings is 1. The fourth-order valence-corrected chi connectivity index (χ4v) is 2.81. The van der Waals surface area contributed by atoms with Gasteiger partial charge in [-0.05, 0) is 38.5 Å². The lowest BCUT2D eigenvalue weighted by Crippen LogP contribution is -2.36. The van der Waals surface area contributed by atoms with Gasteiger partial charge < -0.3 is 14.6 Å². The first-order valence-electron chi connectivity index (χ1n) is 8.28. The maximum absolute atomic E-state index is 13.1. The second kappa shape index (κ2) is 6.47. The largest absolute Gasteiger partial charge is 0.490 e. The number of fused-ring (bicyclic) bond motifs is 1. The molecule has 1 atom stereocenters. The molecule has 1 N–H and O–H groups in total. The second-order valence-electron chi connectivity index (χ2n) is 6.94. The molecule has 1 aromatic heterocycles. The van der Waals surface area contributed by atoms with Crippen LogP contribution < -0.4 is 9.47 Å². The van der Waals surface area contributed by atoms with Crippen LogP contribution in [0.2, 0.25) is 0 Å². The van der Waals surface area contributed by atoms with Gasteiger partial charge in [0.05, 0.1) is 17.7 Å². The van der Waals surface area contributed by atoms with Crippen LogP contribution in [0, 0.1) is 6.92 Å². The molecular weight excluding hydrogens is 365 g/mol. The Labute approximate surface area is 153 Å². The normalized spacial score (nSPS) is 16.7. The molecule has 2 aromatic rings. The van der Waals surface area contributed by atoms with Crippen LogP contribution in [0.5, 0.6) is 11.8 Å². The van der Waals surface area contributed by atoms with E-state index in [0.717, 1.165) is 13.8 Å². The molecule has 146 valence electrons. The molecule has 1 aliphatic rings. The van der Waals surface area contributed by atoms with E-state index in [1.54, 1.807) is 11.5 Å². The van der Waals surface area contributed by atoms with Crippen molar-refractivity contribution in [1.82, 2.24) is 9.55 Å². The number of aromatic carboxylic acids is 1. The van der Waals surface area contributed by atoms with Crippen molar-refractivity contribution >= 4 is 5.97 Å². The Morgan fingerprint density at radius 3 is 2.48 bits per heavy atom. The van der Waals surface area contributed by atoms with Gasteiger partial charge in [-0.25, -0.2) is 4.79 Å². The lowest BCUT2D eigenvalue weighted by atomic mass is 9.84. The van der Waals surface area contributed by atoms with Gasteiger partial charge in [0.2, 0.25) is 0 Å². The summed E-state index contributed by atoms with van der Waals surface area (Å²) in [7, 11) is 0. The lowest BCUT2D eigenvalue weighted by molar-refractivity contribution is -0.180. The van der Waals surface area contributed by atoms with E-state index in [4.69, 9.17) is 14.6 Å². The molecule has 0 bridgehead atoms. The predicted octanol–water partition coefficient (Wildman–Crippen LogP) is 3.57. The summed E-state index contributed by atoms with van der Waals surface area (Å²) in [5, 5.41) is 9.04. The van der Waals surface area contributed by atoms with E-state index < -0.39 is 17.6 Å². The number of alkyl halides is 3. The Hall–Kier alpha value is -2.71. The number of ether oxygens (including phenoxy) is 2. The van der Waals surface area contributed by atoms with Crippen molar-refractivity contribution in [3.8, 4) is 11.8 Å². The van der Waals surface area contributed by atoms with Crippen LogP contribution in [-0.4, -0.2) is 39.5 Å². The summed E-state index contributed by atoms with van der Waals surface area (Å²) in [5.41, 5.74) is -1.35. The Balaban J connectivity index is 1.61. The average Bonchev–Trinajstić information content (AvgIpc) is 3.11. The molecule has 0 saturated heterocycles. The molecule has 0 fully saturated rings. The van der Waals surface area contributed by atoms with Crippen molar-refractivity contribution in [3.63, 3.8) is 0 Å². The summed E-state index contributed by atoms with van der Waals surface area (Å²) in [6.45, 7) is 4.45. The van der Waals surface area contributed by atoms with Crippen molar-refractivity contribution in [2.75, 3.05) is 6.61 Å². The molecule has 1 aliphatic heterocycles. The van der Waals surface area contributed by atoms with Crippen LogP contribution in [0.25, 0.3) is 0 Å². The van der Waals surface area contributed by atoms with E-state index in [2.05, 4.69) is 4.98 Å². The van der Waals surface area contributed by atoms with Crippen LogP contribution >= 0.6 is 0 Å². The molecule has 6 nitrogen and oxygen atoms in total. The monoisotopic (exact) mass is 384 g/mol. The molecular formula is C18H19F3N2O4. The number of hydrogen-bond donors (Lipinski definition) is 1. The first kappa shape index (κ1) is 19.1. The summed E-state index contributed by atoms with van der Waals surface area (Å²) in [4.78, 5) is 15.0. The van der Waals surface area contributed by atoms with Crippen molar-refractivity contribution in [3.05, 3.63) is 41.2 Å². The molecule has 1 aromatic carbocycles. The number of carboxylic acids is 1. The third kappa shape index (κ3) is 3.45. The highest BCUT2D eigenvalue weighted by molar-refractivity contribution is 5.87. The van der Waals surface area contributed by atoms with Gasteiger partial charge >= 0.3 is 12.1 Å². The van der Waals surface area contributed by atoms with E-state index in [0.29, 0.717) is 18.0 Å².